The van der Waals surface area contributed by atoms with Crippen LogP contribution in [-0.4, -0.2) is 17.1 Å². The van der Waals surface area contributed by atoms with Crippen molar-refractivity contribution in [2.24, 2.45) is 0 Å². The number of amides is 1. The van der Waals surface area contributed by atoms with E-state index < -0.39 is 0 Å². The topological polar surface area (TPSA) is 60.3 Å². The van der Waals surface area contributed by atoms with Gasteiger partial charge in [0.05, 0.1) is 6.61 Å². The average molecular weight is 330 g/mol. The second-order valence-corrected chi connectivity index (χ2v) is 5.67. The van der Waals surface area contributed by atoms with Crippen LogP contribution in [0.1, 0.15) is 35.0 Å². The summed E-state index contributed by atoms with van der Waals surface area (Å²) in [5.74, 6) is -0.273. The minimum absolute atomic E-state index is 0.138. The zero-order valence-corrected chi connectivity index (χ0v) is 13.5. The molecule has 1 aliphatic rings. The molecule has 126 valence electrons. The second-order valence-electron chi connectivity index (χ2n) is 5.67. The van der Waals surface area contributed by atoms with Crippen molar-refractivity contribution >= 4 is 5.91 Å². The molecule has 0 atom stereocenters. The van der Waals surface area contributed by atoms with Crippen LogP contribution in [0, 0.1) is 5.82 Å². The number of hydrogen-bond donors (Lipinski definition) is 1. The van der Waals surface area contributed by atoms with Gasteiger partial charge in [-0.3, -0.25) is 9.59 Å². The van der Waals surface area contributed by atoms with E-state index >= 15 is 0 Å². The Morgan fingerprint density at radius 1 is 1.33 bits per heavy atom. The standard InChI is InChI=1S/C18H19FN2O3/c1-2-24-15-10-16(22)21-9-3-4-14(21)17(15)18(23)20-11-12-5-7-13(19)8-6-12/h5-8,10H,2-4,9,11H2,1H3,(H,20,23). The molecule has 5 nitrogen and oxygen atoms in total. The number of ether oxygens (including phenoxy) is 1. The molecule has 1 N–H and O–H groups in total. The van der Waals surface area contributed by atoms with E-state index in [9.17, 15) is 14.0 Å². The van der Waals surface area contributed by atoms with Gasteiger partial charge in [-0.25, -0.2) is 4.39 Å². The molecule has 3 rings (SSSR count). The van der Waals surface area contributed by atoms with Crippen LogP contribution in [-0.2, 0) is 19.5 Å². The van der Waals surface area contributed by atoms with E-state index in [-0.39, 0.29) is 23.8 Å². The highest BCUT2D eigenvalue weighted by Gasteiger charge is 2.25. The normalized spacial score (nSPS) is 12.8. The van der Waals surface area contributed by atoms with Gasteiger partial charge in [-0.05, 0) is 37.5 Å². The van der Waals surface area contributed by atoms with Crippen molar-refractivity contribution in [2.45, 2.75) is 32.9 Å². The fourth-order valence-corrected chi connectivity index (χ4v) is 2.97. The number of aromatic nitrogens is 1. The van der Waals surface area contributed by atoms with Gasteiger partial charge in [0.2, 0.25) is 0 Å². The number of rotatable bonds is 5. The molecule has 1 amide bonds. The summed E-state index contributed by atoms with van der Waals surface area (Å²) in [6.07, 6.45) is 1.51. The predicted molar refractivity (Wildman–Crippen MR) is 87.8 cm³/mol. The Morgan fingerprint density at radius 2 is 2.08 bits per heavy atom. The van der Waals surface area contributed by atoms with Gasteiger partial charge in [-0.1, -0.05) is 12.1 Å². The molecule has 0 saturated carbocycles. The van der Waals surface area contributed by atoms with Gasteiger partial charge in [0.1, 0.15) is 17.1 Å². The first kappa shape index (κ1) is 16.2. The van der Waals surface area contributed by atoms with Crippen LogP contribution in [0.25, 0.3) is 0 Å². The third kappa shape index (κ3) is 3.18. The van der Waals surface area contributed by atoms with Crippen molar-refractivity contribution in [1.82, 2.24) is 9.88 Å². The van der Waals surface area contributed by atoms with E-state index in [2.05, 4.69) is 5.32 Å². The van der Waals surface area contributed by atoms with Crippen molar-refractivity contribution in [3.8, 4) is 5.75 Å². The molecule has 1 aliphatic heterocycles. The summed E-state index contributed by atoms with van der Waals surface area (Å²) < 4.78 is 20.1. The Morgan fingerprint density at radius 3 is 2.79 bits per heavy atom. The second kappa shape index (κ2) is 6.86. The zero-order chi connectivity index (χ0) is 17.1. The molecule has 2 aromatic rings. The minimum atomic E-state index is -0.316. The highest BCUT2D eigenvalue weighted by molar-refractivity contribution is 5.98. The zero-order valence-electron chi connectivity index (χ0n) is 13.5. The van der Waals surface area contributed by atoms with Crippen molar-refractivity contribution in [3.63, 3.8) is 0 Å². The predicted octanol–water partition coefficient (Wildman–Crippen LogP) is 2.26. The third-order valence-electron chi connectivity index (χ3n) is 4.07. The van der Waals surface area contributed by atoms with Crippen molar-refractivity contribution in [1.29, 1.82) is 0 Å². The molecule has 0 radical (unpaired) electrons. The van der Waals surface area contributed by atoms with E-state index in [1.807, 2.05) is 6.92 Å². The van der Waals surface area contributed by atoms with Gasteiger partial charge < -0.3 is 14.6 Å². The molecule has 0 spiro atoms. The Balaban J connectivity index is 1.87. The fourth-order valence-electron chi connectivity index (χ4n) is 2.97. The van der Waals surface area contributed by atoms with Crippen LogP contribution in [0.5, 0.6) is 5.75 Å². The van der Waals surface area contributed by atoms with Crippen LogP contribution in [0.4, 0.5) is 4.39 Å². The Kier molecular flexibility index (Phi) is 4.64. The van der Waals surface area contributed by atoms with Crippen molar-refractivity contribution in [3.05, 3.63) is 63.3 Å². The quantitative estimate of drug-likeness (QED) is 0.915. The largest absolute Gasteiger partial charge is 0.493 e. The Labute approximate surface area is 139 Å². The van der Waals surface area contributed by atoms with Crippen LogP contribution in [0.2, 0.25) is 0 Å². The first-order valence-corrected chi connectivity index (χ1v) is 8.02. The lowest BCUT2D eigenvalue weighted by atomic mass is 10.1. The van der Waals surface area contributed by atoms with Crippen LogP contribution in [0.3, 0.4) is 0 Å². The number of carbonyl (C=O) groups excluding carboxylic acids is 1. The molecule has 0 unspecified atom stereocenters. The number of nitrogens with one attached hydrogen (secondary N) is 1. The number of nitrogens with zero attached hydrogens (tertiary/aromatic N) is 1. The summed E-state index contributed by atoms with van der Waals surface area (Å²) in [5, 5.41) is 2.83. The molecule has 0 aliphatic carbocycles. The van der Waals surface area contributed by atoms with E-state index in [1.54, 1.807) is 16.7 Å². The van der Waals surface area contributed by atoms with Gasteiger partial charge in [-0.15, -0.1) is 0 Å². The summed E-state index contributed by atoms with van der Waals surface area (Å²) in [4.78, 5) is 24.8. The molecule has 0 saturated heterocycles. The lowest BCUT2D eigenvalue weighted by Gasteiger charge is -2.15. The summed E-state index contributed by atoms with van der Waals surface area (Å²) in [7, 11) is 0. The van der Waals surface area contributed by atoms with Gasteiger partial charge in [0.15, 0.2) is 0 Å². The lowest BCUT2D eigenvalue weighted by Crippen LogP contribution is -2.29. The summed E-state index contributed by atoms with van der Waals surface area (Å²) in [6, 6.07) is 7.34. The summed E-state index contributed by atoms with van der Waals surface area (Å²) >= 11 is 0. The number of fused-ring (bicyclic) bond motifs is 1. The van der Waals surface area contributed by atoms with Crippen molar-refractivity contribution in [2.75, 3.05) is 6.61 Å². The third-order valence-corrected chi connectivity index (χ3v) is 4.07. The molecule has 1 aromatic heterocycles. The number of hydrogen-bond acceptors (Lipinski definition) is 3. The van der Waals surface area contributed by atoms with Crippen LogP contribution >= 0.6 is 0 Å². The maximum atomic E-state index is 12.9. The summed E-state index contributed by atoms with van der Waals surface area (Å²) in [6.45, 7) is 3.09. The Bertz CT molecular complexity index is 812. The van der Waals surface area contributed by atoms with Gasteiger partial charge in [0, 0.05) is 24.8 Å². The minimum Gasteiger partial charge on any atom is -0.493 e. The number of benzene rings is 1. The number of halogens is 1. The molecule has 0 bridgehead atoms. The molecular formula is C18H19FN2O3. The number of pyridine rings is 1. The maximum Gasteiger partial charge on any atom is 0.257 e. The molecule has 2 heterocycles. The first-order chi connectivity index (χ1) is 11.6. The fraction of sp³-hybridized carbons (Fsp3) is 0.333. The number of carbonyl (C=O) groups is 1. The maximum absolute atomic E-state index is 12.9. The van der Waals surface area contributed by atoms with Crippen LogP contribution in [0.15, 0.2) is 35.1 Å². The van der Waals surface area contributed by atoms with E-state index in [4.69, 9.17) is 4.74 Å². The molecule has 0 fully saturated rings. The van der Waals surface area contributed by atoms with E-state index in [1.165, 1.54) is 18.2 Å². The highest BCUT2D eigenvalue weighted by atomic mass is 19.1. The lowest BCUT2D eigenvalue weighted by molar-refractivity contribution is 0.0945. The van der Waals surface area contributed by atoms with E-state index in [0.717, 1.165) is 17.7 Å². The van der Waals surface area contributed by atoms with Gasteiger partial charge in [-0.2, -0.15) is 0 Å². The van der Waals surface area contributed by atoms with Gasteiger partial charge in [0.25, 0.3) is 11.5 Å². The Hall–Kier alpha value is -2.63. The van der Waals surface area contributed by atoms with Gasteiger partial charge >= 0.3 is 0 Å². The monoisotopic (exact) mass is 330 g/mol. The smallest absolute Gasteiger partial charge is 0.257 e. The summed E-state index contributed by atoms with van der Waals surface area (Å²) in [5.41, 5.74) is 1.81. The van der Waals surface area contributed by atoms with Crippen LogP contribution < -0.4 is 15.6 Å². The molecular weight excluding hydrogens is 311 g/mol. The van der Waals surface area contributed by atoms with E-state index in [0.29, 0.717) is 30.9 Å². The average Bonchev–Trinajstić information content (AvgIpc) is 3.04. The first-order valence-electron chi connectivity index (χ1n) is 8.02. The molecule has 6 heteroatoms. The SMILES string of the molecule is CCOc1cc(=O)n2c(c1C(=O)NCc1ccc(F)cc1)CCC2. The highest BCUT2D eigenvalue weighted by Crippen LogP contribution is 2.25. The van der Waals surface area contributed by atoms with Crippen molar-refractivity contribution < 1.29 is 13.9 Å². The molecule has 24 heavy (non-hydrogen) atoms. The molecule has 1 aromatic carbocycles.